The lowest BCUT2D eigenvalue weighted by molar-refractivity contribution is 0.0946. The molecule has 2 N–H and O–H groups in total. The molecule has 0 spiro atoms. The van der Waals surface area contributed by atoms with Crippen LogP contribution in [0.15, 0.2) is 77.9 Å². The van der Waals surface area contributed by atoms with Crippen molar-refractivity contribution in [3.8, 4) is 22.5 Å². The molecule has 142 valence electrons. The molecule has 2 aromatic rings. The van der Waals surface area contributed by atoms with Crippen molar-refractivity contribution >= 4 is 11.6 Å². The van der Waals surface area contributed by atoms with Crippen LogP contribution in [0.2, 0.25) is 0 Å². The first kappa shape index (κ1) is 17.2. The summed E-state index contributed by atoms with van der Waals surface area (Å²) < 4.78 is 1.07. The number of amides is 1. The third kappa shape index (κ3) is 3.04. The molecule has 3 aliphatic rings. The third-order valence-electron chi connectivity index (χ3n) is 5.06. The van der Waals surface area contributed by atoms with Gasteiger partial charge >= 0.3 is 0 Å². The summed E-state index contributed by atoms with van der Waals surface area (Å²) in [7, 11) is 0. The van der Waals surface area contributed by atoms with E-state index in [4.69, 9.17) is 9.98 Å². The van der Waals surface area contributed by atoms with E-state index < -0.39 is 0 Å². The van der Waals surface area contributed by atoms with Crippen LogP contribution in [0.4, 0.5) is 5.69 Å². The average Bonchev–Trinajstić information content (AvgIpc) is 2.75. The Hall–Kier alpha value is -3.93. The van der Waals surface area contributed by atoms with Crippen molar-refractivity contribution in [3.63, 3.8) is 0 Å². The molecular formula is C23H18N4O2. The quantitative estimate of drug-likeness (QED) is 0.522. The number of benzene rings is 2. The number of carbonyl (C=O) groups excluding carboxylic acids is 1. The van der Waals surface area contributed by atoms with Gasteiger partial charge in [0.25, 0.3) is 5.91 Å². The van der Waals surface area contributed by atoms with Gasteiger partial charge in [-0.3, -0.25) is 9.78 Å². The topological polar surface area (TPSA) is 79.5 Å². The first-order valence-corrected chi connectivity index (χ1v) is 9.42. The van der Waals surface area contributed by atoms with Crippen LogP contribution in [-0.4, -0.2) is 27.4 Å². The predicted octanol–water partition coefficient (Wildman–Crippen LogP) is 3.41. The first-order chi connectivity index (χ1) is 14.2. The minimum absolute atomic E-state index is 0.158. The van der Waals surface area contributed by atoms with Gasteiger partial charge in [-0.05, 0) is 30.3 Å². The Morgan fingerprint density at radius 1 is 1.03 bits per heavy atom. The molecule has 3 heterocycles. The number of nitrogens with one attached hydrogen (secondary N) is 1. The molecule has 1 aliphatic carbocycles. The molecule has 1 aromatic carbocycles. The zero-order valence-electron chi connectivity index (χ0n) is 15.5. The molecule has 0 saturated heterocycles. The van der Waals surface area contributed by atoms with Crippen molar-refractivity contribution in [1.82, 2.24) is 15.0 Å². The highest BCUT2D eigenvalue weighted by Gasteiger charge is 2.23. The Labute approximate surface area is 167 Å². The van der Waals surface area contributed by atoms with Gasteiger partial charge < -0.3 is 10.5 Å². The van der Waals surface area contributed by atoms with E-state index in [1.165, 1.54) is 0 Å². The fourth-order valence-corrected chi connectivity index (χ4v) is 3.68. The molecule has 0 atom stereocenters. The Bertz CT molecular complexity index is 1260. The smallest absolute Gasteiger partial charge is 0.255 e. The number of pyridine rings is 2. The van der Waals surface area contributed by atoms with E-state index in [-0.39, 0.29) is 5.91 Å². The van der Waals surface area contributed by atoms with Gasteiger partial charge in [-0.2, -0.15) is 4.73 Å². The Balaban J connectivity index is 1.78. The van der Waals surface area contributed by atoms with Crippen LogP contribution in [0.25, 0.3) is 22.5 Å². The van der Waals surface area contributed by atoms with E-state index in [1.807, 2.05) is 60.7 Å². The SMILES string of the molecule is O=C1NCCc2nc(-c3ccccc3)cc(N=c3cccc4n(O)cccc3-4)c21. The fourth-order valence-electron chi connectivity index (χ4n) is 3.68. The summed E-state index contributed by atoms with van der Waals surface area (Å²) in [5.41, 5.74) is 5.04. The van der Waals surface area contributed by atoms with Gasteiger partial charge in [0.1, 0.15) is 0 Å². The molecule has 2 aliphatic heterocycles. The van der Waals surface area contributed by atoms with Crippen molar-refractivity contribution in [2.24, 2.45) is 4.99 Å². The lowest BCUT2D eigenvalue weighted by Gasteiger charge is -2.19. The van der Waals surface area contributed by atoms with Crippen LogP contribution in [-0.2, 0) is 6.42 Å². The molecule has 1 amide bonds. The number of aromatic nitrogens is 2. The number of fused-ring (bicyclic) bond motifs is 2. The number of rotatable bonds is 2. The zero-order chi connectivity index (χ0) is 19.8. The molecule has 29 heavy (non-hydrogen) atoms. The lowest BCUT2D eigenvalue weighted by atomic mass is 10.0. The molecule has 0 bridgehead atoms. The van der Waals surface area contributed by atoms with E-state index in [2.05, 4.69) is 5.32 Å². The highest BCUT2D eigenvalue weighted by Crippen LogP contribution is 2.30. The number of hydrogen-bond acceptors (Lipinski definition) is 4. The molecule has 0 saturated carbocycles. The van der Waals surface area contributed by atoms with E-state index in [9.17, 15) is 10.0 Å². The van der Waals surface area contributed by atoms with Gasteiger partial charge in [-0.1, -0.05) is 36.4 Å². The van der Waals surface area contributed by atoms with Crippen LogP contribution in [0.5, 0.6) is 0 Å². The molecular weight excluding hydrogens is 364 g/mol. The standard InChI is InChI=1S/C23H18N4O2/c28-23-22-18(11-12-24-23)26-19(15-6-2-1-3-7-15)14-20(22)25-17-9-4-10-21-16(17)8-5-13-27(21)29/h1-10,13-14,29H,11-12H2,(H,24,28). The molecule has 0 unspecified atom stereocenters. The Morgan fingerprint density at radius 2 is 1.90 bits per heavy atom. The Morgan fingerprint density at radius 3 is 2.76 bits per heavy atom. The van der Waals surface area contributed by atoms with Crippen LogP contribution in [0, 0.1) is 0 Å². The van der Waals surface area contributed by atoms with E-state index in [0.29, 0.717) is 35.3 Å². The number of nitrogens with zero attached hydrogens (tertiary/aromatic N) is 3. The second-order valence-corrected chi connectivity index (χ2v) is 6.89. The lowest BCUT2D eigenvalue weighted by Crippen LogP contribution is -2.32. The molecule has 0 fully saturated rings. The van der Waals surface area contributed by atoms with Crippen molar-refractivity contribution in [2.75, 3.05) is 6.54 Å². The molecule has 1 aromatic heterocycles. The monoisotopic (exact) mass is 382 g/mol. The summed E-state index contributed by atoms with van der Waals surface area (Å²) in [4.78, 5) is 22.2. The Kier molecular flexibility index (Phi) is 4.09. The van der Waals surface area contributed by atoms with Crippen molar-refractivity contribution in [2.45, 2.75) is 6.42 Å². The van der Waals surface area contributed by atoms with Gasteiger partial charge in [0, 0.05) is 30.3 Å². The minimum atomic E-state index is -0.158. The molecule has 6 nitrogen and oxygen atoms in total. The summed E-state index contributed by atoms with van der Waals surface area (Å²) in [5.74, 6) is -0.158. The molecule has 6 heteroatoms. The van der Waals surface area contributed by atoms with Crippen molar-refractivity contribution in [3.05, 3.63) is 89.5 Å². The largest absolute Gasteiger partial charge is 0.428 e. The predicted molar refractivity (Wildman–Crippen MR) is 109 cm³/mol. The first-order valence-electron chi connectivity index (χ1n) is 9.42. The summed E-state index contributed by atoms with van der Waals surface area (Å²) in [6, 6.07) is 20.9. The van der Waals surface area contributed by atoms with Gasteiger partial charge in [-0.15, -0.1) is 0 Å². The van der Waals surface area contributed by atoms with E-state index in [1.54, 1.807) is 12.3 Å². The van der Waals surface area contributed by atoms with Crippen LogP contribution in [0.3, 0.4) is 0 Å². The van der Waals surface area contributed by atoms with Crippen molar-refractivity contribution < 1.29 is 10.0 Å². The summed E-state index contributed by atoms with van der Waals surface area (Å²) in [5, 5.41) is 13.7. The van der Waals surface area contributed by atoms with E-state index >= 15 is 0 Å². The molecule has 5 rings (SSSR count). The zero-order valence-corrected chi connectivity index (χ0v) is 15.5. The third-order valence-corrected chi connectivity index (χ3v) is 5.06. The van der Waals surface area contributed by atoms with Crippen LogP contribution < -0.4 is 10.7 Å². The average molecular weight is 382 g/mol. The highest BCUT2D eigenvalue weighted by atomic mass is 16.5. The summed E-state index contributed by atoms with van der Waals surface area (Å²) >= 11 is 0. The van der Waals surface area contributed by atoms with Gasteiger partial charge in [0.2, 0.25) is 0 Å². The maximum atomic E-state index is 12.6. The number of carbonyl (C=O) groups is 1. The molecule has 0 radical (unpaired) electrons. The maximum Gasteiger partial charge on any atom is 0.255 e. The van der Waals surface area contributed by atoms with Gasteiger partial charge in [0.15, 0.2) is 0 Å². The van der Waals surface area contributed by atoms with Gasteiger partial charge in [0.05, 0.1) is 33.7 Å². The maximum absolute atomic E-state index is 12.6. The van der Waals surface area contributed by atoms with E-state index in [0.717, 1.165) is 27.2 Å². The highest BCUT2D eigenvalue weighted by molar-refractivity contribution is 6.01. The van der Waals surface area contributed by atoms with Crippen LogP contribution in [0.1, 0.15) is 16.1 Å². The normalized spacial score (nSPS) is 13.9. The summed E-state index contributed by atoms with van der Waals surface area (Å²) in [6.45, 7) is 0.565. The second-order valence-electron chi connectivity index (χ2n) is 6.89. The summed E-state index contributed by atoms with van der Waals surface area (Å²) in [6.07, 6.45) is 2.23. The minimum Gasteiger partial charge on any atom is -0.428 e. The second kappa shape index (κ2) is 6.91. The van der Waals surface area contributed by atoms with Gasteiger partial charge in [-0.25, -0.2) is 4.99 Å². The fraction of sp³-hybridized carbons (Fsp3) is 0.0870. The van der Waals surface area contributed by atoms with Crippen LogP contribution >= 0.6 is 0 Å². The van der Waals surface area contributed by atoms with Crippen molar-refractivity contribution in [1.29, 1.82) is 0 Å². The number of hydrogen-bond donors (Lipinski definition) is 2.